The van der Waals surface area contributed by atoms with Crippen LogP contribution in [-0.4, -0.2) is 60.1 Å². The molecule has 2 aliphatic rings. The maximum absolute atomic E-state index is 15.1. The van der Waals surface area contributed by atoms with E-state index in [0.29, 0.717) is 46.3 Å². The number of piperidine rings is 1. The van der Waals surface area contributed by atoms with Gasteiger partial charge in [-0.15, -0.1) is 0 Å². The molecule has 0 aliphatic carbocycles. The average molecular weight is 456 g/mol. The third-order valence-electron chi connectivity index (χ3n) is 6.78. The molecule has 0 amide bonds. The van der Waals surface area contributed by atoms with Crippen LogP contribution < -0.4 is 15.0 Å². The molecule has 33 heavy (non-hydrogen) atoms. The quantitative estimate of drug-likeness (QED) is 0.622. The molecule has 0 saturated carbocycles. The molecule has 2 aromatic heterocycles. The first-order valence-corrected chi connectivity index (χ1v) is 11.5. The second kappa shape index (κ2) is 8.87. The van der Waals surface area contributed by atoms with Crippen LogP contribution in [0.15, 0.2) is 16.7 Å². The van der Waals surface area contributed by atoms with Crippen LogP contribution in [0, 0.1) is 19.7 Å². The Morgan fingerprint density at radius 3 is 2.70 bits per heavy atom. The molecule has 0 unspecified atom stereocenters. The van der Waals surface area contributed by atoms with E-state index >= 15 is 4.39 Å². The molecule has 2 fully saturated rings. The molecule has 3 atom stereocenters. The topological polar surface area (TPSA) is 85.5 Å². The molecule has 4 heterocycles. The molecule has 2 aliphatic heterocycles. The highest BCUT2D eigenvalue weighted by atomic mass is 19.1. The molecule has 3 aromatic rings. The summed E-state index contributed by atoms with van der Waals surface area (Å²) in [4.78, 5) is 11.6. The minimum Gasteiger partial charge on any atom is -0.497 e. The Morgan fingerprint density at radius 1 is 1.18 bits per heavy atom. The van der Waals surface area contributed by atoms with E-state index in [-0.39, 0.29) is 6.04 Å². The number of nitrogens with zero attached hydrogens (tertiary/aromatic N) is 4. The molecule has 1 aromatic carbocycles. The Balaban J connectivity index is 1.56. The van der Waals surface area contributed by atoms with Crippen molar-refractivity contribution < 1.29 is 18.4 Å². The third kappa shape index (κ3) is 4.15. The zero-order valence-corrected chi connectivity index (χ0v) is 19.5. The number of nitrogens with one attached hydrogen (secondary N) is 1. The number of halogens is 1. The maximum Gasteiger partial charge on any atom is 0.261 e. The third-order valence-corrected chi connectivity index (χ3v) is 6.78. The Kier molecular flexibility index (Phi) is 5.92. The van der Waals surface area contributed by atoms with Crippen molar-refractivity contribution in [2.75, 3.05) is 31.8 Å². The first kappa shape index (κ1) is 22.0. The number of pyridine rings is 1. The number of methoxy groups -OCH3 is 1. The van der Waals surface area contributed by atoms with Crippen LogP contribution in [0.2, 0.25) is 0 Å². The molecule has 0 spiro atoms. The number of aryl methyl sites for hydroxylation is 2. The van der Waals surface area contributed by atoms with Crippen LogP contribution in [0.25, 0.3) is 22.4 Å². The van der Waals surface area contributed by atoms with E-state index in [1.807, 2.05) is 6.92 Å². The first-order chi connectivity index (χ1) is 15.9. The van der Waals surface area contributed by atoms with Crippen LogP contribution in [0.1, 0.15) is 37.6 Å². The van der Waals surface area contributed by atoms with Gasteiger partial charge in [0.15, 0.2) is 11.6 Å². The molecule has 0 radical (unpaired) electrons. The number of fused-ring (bicyclic) bond motifs is 1. The SMILES string of the molecule is COc1cc(F)c2nc(N3CC[C@H](N[C@@H]4CCOC4)C[C@H]3C)c(-c3nc(C)no3)c(C)c2c1. The minimum absolute atomic E-state index is 0.201. The lowest BCUT2D eigenvalue weighted by Gasteiger charge is -2.40. The fourth-order valence-corrected chi connectivity index (χ4v) is 5.06. The molecule has 5 rings (SSSR count). The molecular formula is C24H30FN5O3. The predicted octanol–water partition coefficient (Wildman–Crippen LogP) is 3.79. The van der Waals surface area contributed by atoms with Crippen LogP contribution in [0.5, 0.6) is 5.75 Å². The van der Waals surface area contributed by atoms with Gasteiger partial charge in [-0.3, -0.25) is 0 Å². The number of rotatable bonds is 5. The Hall–Kier alpha value is -2.78. The first-order valence-electron chi connectivity index (χ1n) is 11.5. The summed E-state index contributed by atoms with van der Waals surface area (Å²) in [5.74, 6) is 1.66. The molecule has 9 heteroatoms. The monoisotopic (exact) mass is 455 g/mol. The van der Waals surface area contributed by atoms with Gasteiger partial charge in [0, 0.05) is 42.7 Å². The lowest BCUT2D eigenvalue weighted by molar-refractivity contribution is 0.185. The number of aromatic nitrogens is 3. The van der Waals surface area contributed by atoms with Gasteiger partial charge in [0.25, 0.3) is 5.89 Å². The zero-order valence-electron chi connectivity index (χ0n) is 19.5. The highest BCUT2D eigenvalue weighted by Gasteiger charge is 2.32. The van der Waals surface area contributed by atoms with Crippen LogP contribution in [0.3, 0.4) is 0 Å². The second-order valence-corrected chi connectivity index (χ2v) is 9.08. The van der Waals surface area contributed by atoms with Crippen molar-refractivity contribution in [2.45, 2.75) is 58.2 Å². The Bertz CT molecular complexity index is 1160. The van der Waals surface area contributed by atoms with E-state index in [0.717, 1.165) is 50.1 Å². The zero-order chi connectivity index (χ0) is 23.1. The minimum atomic E-state index is -0.410. The number of ether oxygens (including phenoxy) is 2. The van der Waals surface area contributed by atoms with E-state index in [2.05, 4.69) is 27.3 Å². The van der Waals surface area contributed by atoms with E-state index in [4.69, 9.17) is 19.0 Å². The number of hydrogen-bond acceptors (Lipinski definition) is 8. The number of hydrogen-bond donors (Lipinski definition) is 1. The van der Waals surface area contributed by atoms with E-state index in [1.165, 1.54) is 13.2 Å². The molecular weight excluding hydrogens is 425 g/mol. The largest absolute Gasteiger partial charge is 0.497 e. The molecule has 8 nitrogen and oxygen atoms in total. The van der Waals surface area contributed by atoms with Gasteiger partial charge in [-0.05, 0) is 51.7 Å². The summed E-state index contributed by atoms with van der Waals surface area (Å²) in [6.07, 6.45) is 2.99. The van der Waals surface area contributed by atoms with Crippen molar-refractivity contribution in [2.24, 2.45) is 0 Å². The summed E-state index contributed by atoms with van der Waals surface area (Å²) >= 11 is 0. The van der Waals surface area contributed by atoms with Crippen molar-refractivity contribution in [3.05, 3.63) is 29.3 Å². The normalized spacial score (nSPS) is 23.4. The van der Waals surface area contributed by atoms with E-state index in [9.17, 15) is 0 Å². The van der Waals surface area contributed by atoms with Crippen LogP contribution >= 0.6 is 0 Å². The lowest BCUT2D eigenvalue weighted by Crippen LogP contribution is -2.50. The van der Waals surface area contributed by atoms with E-state index < -0.39 is 5.82 Å². The van der Waals surface area contributed by atoms with Crippen molar-refractivity contribution in [1.82, 2.24) is 20.4 Å². The summed E-state index contributed by atoms with van der Waals surface area (Å²) in [6.45, 7) is 8.32. The Labute approximate surface area is 192 Å². The predicted molar refractivity (Wildman–Crippen MR) is 123 cm³/mol. The number of anilines is 1. The van der Waals surface area contributed by atoms with Crippen LogP contribution in [0.4, 0.5) is 10.2 Å². The summed E-state index contributed by atoms with van der Waals surface area (Å²) in [7, 11) is 1.53. The lowest BCUT2D eigenvalue weighted by atomic mass is 9.95. The fourth-order valence-electron chi connectivity index (χ4n) is 5.06. The molecule has 0 bridgehead atoms. The molecule has 176 valence electrons. The summed E-state index contributed by atoms with van der Waals surface area (Å²) in [5, 5.41) is 8.41. The highest BCUT2D eigenvalue weighted by Crippen LogP contribution is 2.40. The summed E-state index contributed by atoms with van der Waals surface area (Å²) in [5.41, 5.74) is 1.91. The van der Waals surface area contributed by atoms with Gasteiger partial charge in [-0.1, -0.05) is 5.16 Å². The summed E-state index contributed by atoms with van der Waals surface area (Å²) < 4.78 is 31.4. The maximum atomic E-state index is 15.1. The van der Waals surface area contributed by atoms with Crippen molar-refractivity contribution in [3.63, 3.8) is 0 Å². The van der Waals surface area contributed by atoms with E-state index in [1.54, 1.807) is 13.0 Å². The van der Waals surface area contributed by atoms with Crippen molar-refractivity contribution in [1.29, 1.82) is 0 Å². The van der Waals surface area contributed by atoms with Gasteiger partial charge in [-0.25, -0.2) is 9.37 Å². The standard InChI is InChI=1S/C24H30FN5O3/c1-13-9-16(27-17-6-8-32-12-17)5-7-30(13)23-21(24-26-15(3)29-33-24)14(2)19-10-18(31-4)11-20(25)22(19)28-23/h10-11,13,16-17,27H,5-9,12H2,1-4H3/t13-,16+,17-/m1/s1. The smallest absolute Gasteiger partial charge is 0.261 e. The summed E-state index contributed by atoms with van der Waals surface area (Å²) in [6, 6.07) is 4.22. The van der Waals surface area contributed by atoms with Crippen LogP contribution in [-0.2, 0) is 4.74 Å². The van der Waals surface area contributed by atoms with Gasteiger partial charge in [-0.2, -0.15) is 4.98 Å². The van der Waals surface area contributed by atoms with Gasteiger partial charge < -0.3 is 24.2 Å². The average Bonchev–Trinajstić information content (AvgIpc) is 3.46. The second-order valence-electron chi connectivity index (χ2n) is 9.08. The van der Waals surface area contributed by atoms with Gasteiger partial charge >= 0.3 is 0 Å². The highest BCUT2D eigenvalue weighted by molar-refractivity contribution is 5.93. The van der Waals surface area contributed by atoms with Gasteiger partial charge in [0.2, 0.25) is 0 Å². The Morgan fingerprint density at radius 2 is 2.03 bits per heavy atom. The molecule has 2 saturated heterocycles. The van der Waals surface area contributed by atoms with Crippen molar-refractivity contribution >= 4 is 16.7 Å². The number of benzene rings is 1. The van der Waals surface area contributed by atoms with Gasteiger partial charge in [0.05, 0.1) is 19.3 Å². The fraction of sp³-hybridized carbons (Fsp3) is 0.542. The van der Waals surface area contributed by atoms with Gasteiger partial charge in [0.1, 0.15) is 17.1 Å². The van der Waals surface area contributed by atoms with Crippen molar-refractivity contribution in [3.8, 4) is 17.2 Å². The molecule has 1 N–H and O–H groups in total.